The molecule has 0 radical (unpaired) electrons. The van der Waals surface area contributed by atoms with Crippen molar-refractivity contribution in [1.82, 2.24) is 10.2 Å². The van der Waals surface area contributed by atoms with Crippen LogP contribution in [0.4, 0.5) is 0 Å². The summed E-state index contributed by atoms with van der Waals surface area (Å²) < 4.78 is 0. The van der Waals surface area contributed by atoms with E-state index >= 15 is 0 Å². The minimum Gasteiger partial charge on any atom is -0.353 e. The van der Waals surface area contributed by atoms with Crippen LogP contribution in [0, 0.1) is 34.5 Å². The number of hydrogen-bond acceptors (Lipinski definition) is 3. The average Bonchev–Trinajstić information content (AvgIpc) is 3.01. The second-order valence-electron chi connectivity index (χ2n) is 12.6. The van der Waals surface area contributed by atoms with Gasteiger partial charge in [-0.2, -0.15) is 0 Å². The van der Waals surface area contributed by atoms with Crippen LogP contribution < -0.4 is 5.32 Å². The SMILES string of the molecule is CC(NC(=O)C(C)(C)C)[C@H]1CC[C@H]2[C@@H]3CCN4C(C)C(=O)CC[C@]4(C)[C@H]3CC[C@]12C. The lowest BCUT2D eigenvalue weighted by Crippen LogP contribution is -2.67. The molecule has 1 N–H and O–H groups in total. The average molecular weight is 417 g/mol. The normalized spacial score (nSPS) is 45.3. The molecule has 2 saturated heterocycles. The van der Waals surface area contributed by atoms with Crippen LogP contribution >= 0.6 is 0 Å². The first-order chi connectivity index (χ1) is 13.9. The Labute approximate surface area is 183 Å². The molecule has 4 fully saturated rings. The van der Waals surface area contributed by atoms with Crippen LogP contribution in [0.2, 0.25) is 0 Å². The van der Waals surface area contributed by atoms with Gasteiger partial charge < -0.3 is 5.32 Å². The third-order valence-electron chi connectivity index (χ3n) is 10.1. The zero-order valence-electron chi connectivity index (χ0n) is 20.4. The smallest absolute Gasteiger partial charge is 0.225 e. The number of fused-ring (bicyclic) bond motifs is 5. The summed E-state index contributed by atoms with van der Waals surface area (Å²) in [4.78, 5) is 27.6. The van der Waals surface area contributed by atoms with E-state index in [0.717, 1.165) is 37.1 Å². The van der Waals surface area contributed by atoms with Crippen LogP contribution in [0.25, 0.3) is 0 Å². The van der Waals surface area contributed by atoms with Crippen LogP contribution in [0.5, 0.6) is 0 Å². The molecular weight excluding hydrogens is 372 g/mol. The predicted octanol–water partition coefficient (Wildman–Crippen LogP) is 4.81. The molecule has 2 aliphatic heterocycles. The summed E-state index contributed by atoms with van der Waals surface area (Å²) in [6.07, 6.45) is 8.15. The number of Topliss-reactive ketones (excluding diaryl/α,β-unsaturated/α-hetero) is 1. The summed E-state index contributed by atoms with van der Waals surface area (Å²) in [5, 5.41) is 3.37. The largest absolute Gasteiger partial charge is 0.353 e. The van der Waals surface area contributed by atoms with Crippen LogP contribution in [-0.2, 0) is 9.59 Å². The van der Waals surface area contributed by atoms with Crippen LogP contribution in [0.1, 0.15) is 93.4 Å². The Balaban J connectivity index is 1.53. The van der Waals surface area contributed by atoms with Crippen molar-refractivity contribution in [3.63, 3.8) is 0 Å². The Morgan fingerprint density at radius 1 is 1.10 bits per heavy atom. The second-order valence-corrected chi connectivity index (χ2v) is 12.6. The van der Waals surface area contributed by atoms with E-state index in [2.05, 4.69) is 37.9 Å². The monoisotopic (exact) mass is 416 g/mol. The van der Waals surface area contributed by atoms with Gasteiger partial charge in [0, 0.05) is 23.4 Å². The maximum atomic E-state index is 12.6. The van der Waals surface area contributed by atoms with Crippen molar-refractivity contribution in [2.45, 2.75) is 111 Å². The number of piperidine rings is 2. The van der Waals surface area contributed by atoms with E-state index in [1.54, 1.807) is 0 Å². The highest BCUT2D eigenvalue weighted by molar-refractivity contribution is 5.84. The molecular formula is C26H44N2O2. The van der Waals surface area contributed by atoms with Crippen LogP contribution in [0.15, 0.2) is 0 Å². The van der Waals surface area contributed by atoms with Gasteiger partial charge in [-0.1, -0.05) is 27.7 Å². The molecule has 1 amide bonds. The first kappa shape index (κ1) is 22.3. The van der Waals surface area contributed by atoms with Crippen molar-refractivity contribution in [3.8, 4) is 0 Å². The van der Waals surface area contributed by atoms with E-state index in [1.807, 2.05) is 20.8 Å². The van der Waals surface area contributed by atoms with Gasteiger partial charge in [-0.3, -0.25) is 14.5 Å². The Morgan fingerprint density at radius 2 is 1.80 bits per heavy atom. The zero-order chi connectivity index (χ0) is 22.1. The number of amides is 1. The Morgan fingerprint density at radius 3 is 2.47 bits per heavy atom. The Hall–Kier alpha value is -0.900. The lowest BCUT2D eigenvalue weighted by atomic mass is 9.51. The van der Waals surface area contributed by atoms with Gasteiger partial charge in [0.1, 0.15) is 5.78 Å². The summed E-state index contributed by atoms with van der Waals surface area (Å²) in [5.41, 5.74) is 0.198. The molecule has 8 atom stereocenters. The van der Waals surface area contributed by atoms with Gasteiger partial charge in [0.15, 0.2) is 0 Å². The van der Waals surface area contributed by atoms with E-state index in [9.17, 15) is 9.59 Å². The summed E-state index contributed by atoms with van der Waals surface area (Å²) in [7, 11) is 0. The quantitative estimate of drug-likeness (QED) is 0.703. The van der Waals surface area contributed by atoms with Gasteiger partial charge >= 0.3 is 0 Å². The number of carbonyl (C=O) groups is 2. The third-order valence-corrected chi connectivity index (χ3v) is 10.1. The van der Waals surface area contributed by atoms with Crippen molar-refractivity contribution < 1.29 is 9.59 Å². The summed E-state index contributed by atoms with van der Waals surface area (Å²) in [5.74, 6) is 3.46. The van der Waals surface area contributed by atoms with E-state index in [-0.39, 0.29) is 28.9 Å². The molecule has 170 valence electrons. The first-order valence-corrected chi connectivity index (χ1v) is 12.5. The molecule has 30 heavy (non-hydrogen) atoms. The molecule has 0 aromatic heterocycles. The van der Waals surface area contributed by atoms with E-state index < -0.39 is 0 Å². The van der Waals surface area contributed by atoms with E-state index in [1.165, 1.54) is 32.1 Å². The van der Waals surface area contributed by atoms with Crippen molar-refractivity contribution in [2.24, 2.45) is 34.5 Å². The van der Waals surface area contributed by atoms with Crippen molar-refractivity contribution in [3.05, 3.63) is 0 Å². The zero-order valence-corrected chi connectivity index (χ0v) is 20.4. The molecule has 0 aromatic carbocycles. The molecule has 2 aliphatic carbocycles. The van der Waals surface area contributed by atoms with E-state index in [4.69, 9.17) is 0 Å². The van der Waals surface area contributed by atoms with Gasteiger partial charge in [-0.05, 0) is 94.9 Å². The maximum Gasteiger partial charge on any atom is 0.225 e. The van der Waals surface area contributed by atoms with Crippen molar-refractivity contribution in [1.29, 1.82) is 0 Å². The highest BCUT2D eigenvalue weighted by Gasteiger charge is 2.61. The number of nitrogens with one attached hydrogen (secondary N) is 1. The molecule has 2 unspecified atom stereocenters. The predicted molar refractivity (Wildman–Crippen MR) is 121 cm³/mol. The van der Waals surface area contributed by atoms with Crippen molar-refractivity contribution >= 4 is 11.7 Å². The highest BCUT2D eigenvalue weighted by Crippen LogP contribution is 2.64. The number of carbonyl (C=O) groups excluding carboxylic acids is 2. The fourth-order valence-corrected chi connectivity index (χ4v) is 8.33. The minimum atomic E-state index is -0.332. The van der Waals surface area contributed by atoms with Gasteiger partial charge in [0.2, 0.25) is 5.91 Å². The number of rotatable bonds is 2. The molecule has 2 saturated carbocycles. The molecule has 2 heterocycles. The number of hydrogen-bond donors (Lipinski definition) is 1. The highest BCUT2D eigenvalue weighted by atomic mass is 16.2. The van der Waals surface area contributed by atoms with Crippen molar-refractivity contribution in [2.75, 3.05) is 6.54 Å². The first-order valence-electron chi connectivity index (χ1n) is 12.5. The van der Waals surface area contributed by atoms with Crippen LogP contribution in [0.3, 0.4) is 0 Å². The van der Waals surface area contributed by atoms with Gasteiger partial charge in [-0.25, -0.2) is 0 Å². The molecule has 4 aliphatic rings. The van der Waals surface area contributed by atoms with Gasteiger partial charge in [0.25, 0.3) is 0 Å². The summed E-state index contributed by atoms with van der Waals surface area (Å²) >= 11 is 0. The minimum absolute atomic E-state index is 0.0990. The van der Waals surface area contributed by atoms with E-state index in [0.29, 0.717) is 17.1 Å². The summed E-state index contributed by atoms with van der Waals surface area (Å²) in [6, 6.07) is 0.341. The fraction of sp³-hybridized carbons (Fsp3) is 0.923. The Bertz CT molecular complexity index is 712. The second kappa shape index (κ2) is 7.32. The number of nitrogens with zero attached hydrogens (tertiary/aromatic N) is 1. The lowest BCUT2D eigenvalue weighted by Gasteiger charge is -2.63. The molecule has 4 rings (SSSR count). The topological polar surface area (TPSA) is 49.4 Å². The molecule has 4 nitrogen and oxygen atoms in total. The summed E-state index contributed by atoms with van der Waals surface area (Å²) in [6.45, 7) is 16.5. The fourth-order valence-electron chi connectivity index (χ4n) is 8.33. The molecule has 4 heteroatoms. The number of ketones is 1. The van der Waals surface area contributed by atoms with Gasteiger partial charge in [0.05, 0.1) is 6.04 Å². The van der Waals surface area contributed by atoms with Crippen LogP contribution in [-0.4, -0.2) is 40.8 Å². The molecule has 0 spiro atoms. The molecule has 0 bridgehead atoms. The maximum absolute atomic E-state index is 12.6. The third kappa shape index (κ3) is 3.27. The lowest BCUT2D eigenvalue weighted by molar-refractivity contribution is -0.154. The van der Waals surface area contributed by atoms with Gasteiger partial charge in [-0.15, -0.1) is 0 Å². The molecule has 0 aromatic rings. The standard InChI is InChI=1S/C26H44N2O2/c1-16(27-23(30)24(3,4)5)19-8-9-20-18-12-15-28-17(2)22(29)11-14-26(28,7)21(18)10-13-25(19,20)6/h16-21H,8-15H2,1-7H3,(H,27,30)/t16?,17?,18-,19+,20-,21-,25+,26+/m0/s1. The Kier molecular flexibility index (Phi) is 5.44.